The zero-order chi connectivity index (χ0) is 8.23. The summed E-state index contributed by atoms with van der Waals surface area (Å²) in [4.78, 5) is 0. The van der Waals surface area contributed by atoms with Crippen LogP contribution in [0.5, 0.6) is 0 Å². The van der Waals surface area contributed by atoms with Gasteiger partial charge in [-0.3, -0.25) is 0 Å². The van der Waals surface area contributed by atoms with Gasteiger partial charge in [-0.05, 0) is 30.7 Å². The van der Waals surface area contributed by atoms with Crippen LogP contribution in [0.4, 0.5) is 0 Å². The molecule has 0 unspecified atom stereocenters. The SMILES string of the molecule is C1=C(c2cccnn2)CCNC1. The molecular weight excluding hydrogens is 150 g/mol. The van der Waals surface area contributed by atoms with Crippen molar-refractivity contribution in [1.82, 2.24) is 15.5 Å². The van der Waals surface area contributed by atoms with Crippen molar-refractivity contribution in [1.29, 1.82) is 0 Å². The van der Waals surface area contributed by atoms with Gasteiger partial charge >= 0.3 is 0 Å². The van der Waals surface area contributed by atoms with Gasteiger partial charge in [-0.25, -0.2) is 0 Å². The number of nitrogens with zero attached hydrogens (tertiary/aromatic N) is 2. The molecule has 0 saturated carbocycles. The Balaban J connectivity index is 2.24. The van der Waals surface area contributed by atoms with Gasteiger partial charge in [-0.1, -0.05) is 6.08 Å². The third kappa shape index (κ3) is 1.51. The van der Waals surface area contributed by atoms with Crippen LogP contribution >= 0.6 is 0 Å². The molecule has 2 heterocycles. The first kappa shape index (κ1) is 7.43. The molecule has 0 saturated heterocycles. The fraction of sp³-hybridized carbons (Fsp3) is 0.333. The normalized spacial score (nSPS) is 17.2. The number of nitrogens with one attached hydrogen (secondary N) is 1. The molecule has 0 spiro atoms. The highest BCUT2D eigenvalue weighted by atomic mass is 15.1. The number of rotatable bonds is 1. The van der Waals surface area contributed by atoms with E-state index in [0.29, 0.717) is 0 Å². The Labute approximate surface area is 71.5 Å². The topological polar surface area (TPSA) is 37.8 Å². The monoisotopic (exact) mass is 161 g/mol. The van der Waals surface area contributed by atoms with E-state index in [2.05, 4.69) is 21.6 Å². The lowest BCUT2D eigenvalue weighted by Crippen LogP contribution is -2.20. The van der Waals surface area contributed by atoms with E-state index in [1.807, 2.05) is 12.1 Å². The zero-order valence-electron chi connectivity index (χ0n) is 6.83. The minimum atomic E-state index is 0.950. The summed E-state index contributed by atoms with van der Waals surface area (Å²) in [6.07, 6.45) is 4.93. The second-order valence-electron chi connectivity index (χ2n) is 2.79. The third-order valence-corrected chi connectivity index (χ3v) is 1.97. The summed E-state index contributed by atoms with van der Waals surface area (Å²) < 4.78 is 0. The van der Waals surface area contributed by atoms with E-state index in [4.69, 9.17) is 0 Å². The minimum absolute atomic E-state index is 0.950. The average molecular weight is 161 g/mol. The van der Waals surface area contributed by atoms with E-state index in [9.17, 15) is 0 Å². The van der Waals surface area contributed by atoms with Crippen LogP contribution < -0.4 is 5.32 Å². The summed E-state index contributed by atoms with van der Waals surface area (Å²) in [7, 11) is 0. The second-order valence-corrected chi connectivity index (χ2v) is 2.79. The molecule has 0 aliphatic carbocycles. The number of aromatic nitrogens is 2. The molecule has 3 heteroatoms. The molecule has 0 aromatic carbocycles. The summed E-state index contributed by atoms with van der Waals surface area (Å²) in [6, 6.07) is 3.93. The summed E-state index contributed by atoms with van der Waals surface area (Å²) in [6.45, 7) is 1.99. The van der Waals surface area contributed by atoms with Gasteiger partial charge in [0.2, 0.25) is 0 Å². The standard InChI is InChI=1S/C9H11N3/c1-2-9(12-11-5-1)8-3-6-10-7-4-8/h1-3,5,10H,4,6-7H2. The predicted octanol–water partition coefficient (Wildman–Crippen LogP) is 0.853. The van der Waals surface area contributed by atoms with Crippen LogP contribution in [0.3, 0.4) is 0 Å². The molecule has 3 nitrogen and oxygen atoms in total. The molecule has 0 amide bonds. The van der Waals surface area contributed by atoms with Gasteiger partial charge in [0, 0.05) is 12.7 Å². The van der Waals surface area contributed by atoms with E-state index in [0.717, 1.165) is 25.2 Å². The van der Waals surface area contributed by atoms with E-state index < -0.39 is 0 Å². The van der Waals surface area contributed by atoms with Gasteiger partial charge in [0.25, 0.3) is 0 Å². The Morgan fingerprint density at radius 2 is 2.42 bits per heavy atom. The first-order chi connectivity index (χ1) is 5.97. The lowest BCUT2D eigenvalue weighted by atomic mass is 10.1. The first-order valence-corrected chi connectivity index (χ1v) is 4.14. The Kier molecular flexibility index (Phi) is 2.14. The molecule has 2 rings (SSSR count). The third-order valence-electron chi connectivity index (χ3n) is 1.97. The van der Waals surface area contributed by atoms with Crippen LogP contribution in [-0.2, 0) is 0 Å². The van der Waals surface area contributed by atoms with Gasteiger partial charge in [-0.15, -0.1) is 0 Å². The van der Waals surface area contributed by atoms with Gasteiger partial charge in [0.15, 0.2) is 0 Å². The molecular formula is C9H11N3. The smallest absolute Gasteiger partial charge is 0.0887 e. The Morgan fingerprint density at radius 3 is 3.08 bits per heavy atom. The van der Waals surface area contributed by atoms with Crippen molar-refractivity contribution in [3.05, 3.63) is 30.1 Å². The lowest BCUT2D eigenvalue weighted by Gasteiger charge is -2.12. The molecule has 1 aliphatic rings. The molecule has 0 fully saturated rings. The Morgan fingerprint density at radius 1 is 1.42 bits per heavy atom. The highest BCUT2D eigenvalue weighted by molar-refractivity contribution is 5.63. The van der Waals surface area contributed by atoms with Crippen LogP contribution in [0, 0.1) is 0 Å². The molecule has 12 heavy (non-hydrogen) atoms. The quantitative estimate of drug-likeness (QED) is 0.663. The number of hydrogen-bond donors (Lipinski definition) is 1. The molecule has 0 bridgehead atoms. The summed E-state index contributed by atoms with van der Waals surface area (Å²) in [5, 5.41) is 11.2. The molecule has 0 atom stereocenters. The van der Waals surface area contributed by atoms with Crippen LogP contribution in [0.15, 0.2) is 24.4 Å². The first-order valence-electron chi connectivity index (χ1n) is 4.14. The molecule has 1 aromatic heterocycles. The second kappa shape index (κ2) is 3.45. The summed E-state index contributed by atoms with van der Waals surface area (Å²) in [5.74, 6) is 0. The molecule has 0 radical (unpaired) electrons. The van der Waals surface area contributed by atoms with Gasteiger partial charge in [0.1, 0.15) is 0 Å². The fourth-order valence-electron chi connectivity index (χ4n) is 1.33. The van der Waals surface area contributed by atoms with Gasteiger partial charge < -0.3 is 5.32 Å². The maximum atomic E-state index is 4.06. The van der Waals surface area contributed by atoms with Crippen molar-refractivity contribution in [2.75, 3.05) is 13.1 Å². The van der Waals surface area contributed by atoms with Crippen LogP contribution in [0.1, 0.15) is 12.1 Å². The molecule has 1 aliphatic heterocycles. The van der Waals surface area contributed by atoms with Crippen LogP contribution in [-0.4, -0.2) is 23.3 Å². The minimum Gasteiger partial charge on any atom is -0.313 e. The average Bonchev–Trinajstić information content (AvgIpc) is 2.21. The summed E-state index contributed by atoms with van der Waals surface area (Å²) >= 11 is 0. The van der Waals surface area contributed by atoms with E-state index >= 15 is 0 Å². The fourth-order valence-corrected chi connectivity index (χ4v) is 1.33. The van der Waals surface area contributed by atoms with E-state index in [1.54, 1.807) is 6.20 Å². The van der Waals surface area contributed by atoms with Crippen molar-refractivity contribution in [2.24, 2.45) is 0 Å². The molecule has 62 valence electrons. The molecule has 1 N–H and O–H groups in total. The number of hydrogen-bond acceptors (Lipinski definition) is 3. The van der Waals surface area contributed by atoms with Crippen molar-refractivity contribution in [3.8, 4) is 0 Å². The van der Waals surface area contributed by atoms with Crippen molar-refractivity contribution < 1.29 is 0 Å². The Bertz CT molecular complexity index is 279. The van der Waals surface area contributed by atoms with Crippen molar-refractivity contribution in [3.63, 3.8) is 0 Å². The maximum Gasteiger partial charge on any atom is 0.0887 e. The Hall–Kier alpha value is -1.22. The van der Waals surface area contributed by atoms with Crippen LogP contribution in [0.25, 0.3) is 5.57 Å². The largest absolute Gasteiger partial charge is 0.313 e. The van der Waals surface area contributed by atoms with Crippen LogP contribution in [0.2, 0.25) is 0 Å². The summed E-state index contributed by atoms with van der Waals surface area (Å²) in [5.41, 5.74) is 2.32. The maximum absolute atomic E-state index is 4.06. The zero-order valence-corrected chi connectivity index (χ0v) is 6.83. The highest BCUT2D eigenvalue weighted by Gasteiger charge is 2.05. The van der Waals surface area contributed by atoms with Crippen molar-refractivity contribution >= 4 is 5.57 Å². The predicted molar refractivity (Wildman–Crippen MR) is 47.5 cm³/mol. The van der Waals surface area contributed by atoms with E-state index in [1.165, 1.54) is 5.57 Å². The van der Waals surface area contributed by atoms with Crippen molar-refractivity contribution in [2.45, 2.75) is 6.42 Å². The molecule has 1 aromatic rings. The van der Waals surface area contributed by atoms with E-state index in [-0.39, 0.29) is 0 Å². The van der Waals surface area contributed by atoms with Gasteiger partial charge in [-0.2, -0.15) is 10.2 Å². The van der Waals surface area contributed by atoms with Gasteiger partial charge in [0.05, 0.1) is 5.69 Å². The highest BCUT2D eigenvalue weighted by Crippen LogP contribution is 2.15. The lowest BCUT2D eigenvalue weighted by molar-refractivity contribution is 0.735.